The van der Waals surface area contributed by atoms with Crippen molar-refractivity contribution in [1.82, 2.24) is 4.90 Å². The van der Waals surface area contributed by atoms with Crippen LogP contribution in [0.4, 0.5) is 0 Å². The SMILES string of the molecule is C=C(Br)CN1CCC(=O)C(CC)C1. The van der Waals surface area contributed by atoms with E-state index >= 15 is 0 Å². The van der Waals surface area contributed by atoms with Crippen molar-refractivity contribution in [3.05, 3.63) is 11.1 Å². The highest BCUT2D eigenvalue weighted by Crippen LogP contribution is 2.17. The first kappa shape index (κ1) is 10.9. The Bertz CT molecular complexity index is 215. The molecular formula is C10H16BrNO. The number of likely N-dealkylation sites (tertiary alicyclic amines) is 1. The molecule has 2 nitrogen and oxygen atoms in total. The topological polar surface area (TPSA) is 20.3 Å². The van der Waals surface area contributed by atoms with Crippen LogP contribution in [-0.2, 0) is 4.79 Å². The third kappa shape index (κ3) is 3.24. The Labute approximate surface area is 88.1 Å². The van der Waals surface area contributed by atoms with Crippen molar-refractivity contribution in [3.8, 4) is 0 Å². The first-order chi connectivity index (χ1) is 6.13. The quantitative estimate of drug-likeness (QED) is 0.760. The van der Waals surface area contributed by atoms with Gasteiger partial charge in [-0.1, -0.05) is 29.4 Å². The molecule has 1 saturated heterocycles. The van der Waals surface area contributed by atoms with Gasteiger partial charge in [-0.05, 0) is 6.42 Å². The van der Waals surface area contributed by atoms with Gasteiger partial charge in [0.2, 0.25) is 0 Å². The molecule has 1 fully saturated rings. The summed E-state index contributed by atoms with van der Waals surface area (Å²) < 4.78 is 0.997. The Morgan fingerprint density at radius 3 is 3.00 bits per heavy atom. The van der Waals surface area contributed by atoms with Crippen LogP contribution in [0.15, 0.2) is 11.1 Å². The number of hydrogen-bond donors (Lipinski definition) is 0. The Hall–Kier alpha value is -0.150. The number of nitrogens with zero attached hydrogens (tertiary/aromatic N) is 1. The first-order valence-electron chi connectivity index (χ1n) is 4.71. The van der Waals surface area contributed by atoms with E-state index < -0.39 is 0 Å². The molecule has 3 heteroatoms. The molecule has 13 heavy (non-hydrogen) atoms. The monoisotopic (exact) mass is 245 g/mol. The molecular weight excluding hydrogens is 230 g/mol. The second-order valence-electron chi connectivity index (χ2n) is 3.57. The summed E-state index contributed by atoms with van der Waals surface area (Å²) in [7, 11) is 0. The Morgan fingerprint density at radius 2 is 2.46 bits per heavy atom. The lowest BCUT2D eigenvalue weighted by Gasteiger charge is -2.30. The molecule has 0 aromatic carbocycles. The van der Waals surface area contributed by atoms with Gasteiger partial charge < -0.3 is 0 Å². The summed E-state index contributed by atoms with van der Waals surface area (Å²) in [5.74, 6) is 0.680. The van der Waals surface area contributed by atoms with Gasteiger partial charge in [-0.2, -0.15) is 0 Å². The van der Waals surface area contributed by atoms with Gasteiger partial charge in [-0.25, -0.2) is 0 Å². The van der Waals surface area contributed by atoms with E-state index in [4.69, 9.17) is 0 Å². The van der Waals surface area contributed by atoms with Crippen LogP contribution in [0.1, 0.15) is 19.8 Å². The smallest absolute Gasteiger partial charge is 0.138 e. The van der Waals surface area contributed by atoms with Crippen LogP contribution in [0.3, 0.4) is 0 Å². The fraction of sp³-hybridized carbons (Fsp3) is 0.700. The summed E-state index contributed by atoms with van der Waals surface area (Å²) >= 11 is 3.35. The molecule has 1 aliphatic heterocycles. The molecule has 0 aromatic rings. The van der Waals surface area contributed by atoms with Gasteiger partial charge in [0.25, 0.3) is 0 Å². The Balaban J connectivity index is 2.44. The van der Waals surface area contributed by atoms with Crippen molar-refractivity contribution < 1.29 is 4.79 Å². The van der Waals surface area contributed by atoms with Crippen LogP contribution >= 0.6 is 15.9 Å². The van der Waals surface area contributed by atoms with Gasteiger partial charge in [-0.15, -0.1) is 0 Å². The van der Waals surface area contributed by atoms with Gasteiger partial charge in [0, 0.05) is 36.5 Å². The summed E-state index contributed by atoms with van der Waals surface area (Å²) in [6.45, 7) is 8.54. The minimum absolute atomic E-state index is 0.251. The van der Waals surface area contributed by atoms with E-state index in [-0.39, 0.29) is 5.92 Å². The van der Waals surface area contributed by atoms with E-state index in [2.05, 4.69) is 34.3 Å². The average molecular weight is 246 g/mol. The predicted octanol–water partition coefficient (Wildman–Crippen LogP) is 2.20. The zero-order chi connectivity index (χ0) is 9.84. The molecule has 0 radical (unpaired) electrons. The third-order valence-corrected chi connectivity index (χ3v) is 2.75. The highest BCUT2D eigenvalue weighted by atomic mass is 79.9. The molecule has 0 amide bonds. The van der Waals surface area contributed by atoms with E-state index in [1.54, 1.807) is 0 Å². The Morgan fingerprint density at radius 1 is 1.77 bits per heavy atom. The van der Waals surface area contributed by atoms with Crippen LogP contribution in [-0.4, -0.2) is 30.3 Å². The number of ketones is 1. The predicted molar refractivity (Wildman–Crippen MR) is 57.9 cm³/mol. The number of Topliss-reactive ketones (excluding diaryl/α,β-unsaturated/α-hetero) is 1. The molecule has 0 saturated carbocycles. The average Bonchev–Trinajstić information content (AvgIpc) is 2.07. The van der Waals surface area contributed by atoms with Gasteiger partial charge in [0.1, 0.15) is 5.78 Å². The zero-order valence-electron chi connectivity index (χ0n) is 8.05. The molecule has 1 unspecified atom stereocenters. The number of carbonyl (C=O) groups is 1. The van der Waals surface area contributed by atoms with Gasteiger partial charge in [-0.3, -0.25) is 9.69 Å². The lowest BCUT2D eigenvalue weighted by atomic mass is 9.94. The summed E-state index contributed by atoms with van der Waals surface area (Å²) in [4.78, 5) is 13.7. The molecule has 0 aliphatic carbocycles. The van der Waals surface area contributed by atoms with Crippen molar-refractivity contribution in [3.63, 3.8) is 0 Å². The van der Waals surface area contributed by atoms with Crippen molar-refractivity contribution in [2.45, 2.75) is 19.8 Å². The van der Waals surface area contributed by atoms with E-state index in [1.807, 2.05) is 0 Å². The molecule has 74 valence electrons. The van der Waals surface area contributed by atoms with Crippen LogP contribution in [0, 0.1) is 5.92 Å². The van der Waals surface area contributed by atoms with Gasteiger partial charge in [0.05, 0.1) is 0 Å². The molecule has 1 atom stereocenters. The lowest BCUT2D eigenvalue weighted by Crippen LogP contribution is -2.40. The normalized spacial score (nSPS) is 24.8. The van der Waals surface area contributed by atoms with Crippen LogP contribution < -0.4 is 0 Å². The number of halogens is 1. The minimum Gasteiger partial charge on any atom is -0.299 e. The number of hydrogen-bond acceptors (Lipinski definition) is 2. The van der Waals surface area contributed by atoms with Crippen molar-refractivity contribution >= 4 is 21.7 Å². The van der Waals surface area contributed by atoms with Gasteiger partial charge in [0.15, 0.2) is 0 Å². The number of piperidine rings is 1. The lowest BCUT2D eigenvalue weighted by molar-refractivity contribution is -0.126. The van der Waals surface area contributed by atoms with E-state index in [1.165, 1.54) is 0 Å². The fourth-order valence-corrected chi connectivity index (χ4v) is 2.07. The molecule has 0 N–H and O–H groups in total. The second-order valence-corrected chi connectivity index (χ2v) is 4.70. The number of rotatable bonds is 3. The number of carbonyl (C=O) groups excluding carboxylic acids is 1. The van der Waals surface area contributed by atoms with E-state index in [0.717, 1.165) is 30.5 Å². The third-order valence-electron chi connectivity index (χ3n) is 2.50. The maximum atomic E-state index is 11.4. The van der Waals surface area contributed by atoms with Gasteiger partial charge >= 0.3 is 0 Å². The summed E-state index contributed by atoms with van der Waals surface area (Å²) in [5.41, 5.74) is 0. The van der Waals surface area contributed by atoms with E-state index in [9.17, 15) is 4.79 Å². The molecule has 1 heterocycles. The molecule has 0 aromatic heterocycles. The van der Waals surface area contributed by atoms with Crippen molar-refractivity contribution in [2.24, 2.45) is 5.92 Å². The standard InChI is InChI=1S/C10H16BrNO/c1-3-9-7-12(6-8(2)11)5-4-10(9)13/h9H,2-7H2,1H3. The van der Waals surface area contributed by atoms with Crippen LogP contribution in [0.25, 0.3) is 0 Å². The molecule has 1 rings (SSSR count). The summed E-state index contributed by atoms with van der Waals surface area (Å²) in [5, 5.41) is 0. The van der Waals surface area contributed by atoms with E-state index in [0.29, 0.717) is 12.2 Å². The molecule has 0 bridgehead atoms. The molecule has 0 spiro atoms. The molecule has 1 aliphatic rings. The van der Waals surface area contributed by atoms with Crippen molar-refractivity contribution in [2.75, 3.05) is 19.6 Å². The largest absolute Gasteiger partial charge is 0.299 e. The first-order valence-corrected chi connectivity index (χ1v) is 5.51. The summed E-state index contributed by atoms with van der Waals surface area (Å²) in [6.07, 6.45) is 1.67. The maximum Gasteiger partial charge on any atom is 0.138 e. The second kappa shape index (κ2) is 4.91. The highest BCUT2D eigenvalue weighted by molar-refractivity contribution is 9.11. The fourth-order valence-electron chi connectivity index (χ4n) is 1.72. The summed E-state index contributed by atoms with van der Waals surface area (Å²) in [6, 6.07) is 0. The van der Waals surface area contributed by atoms with Crippen LogP contribution in [0.5, 0.6) is 0 Å². The Kier molecular flexibility index (Phi) is 4.13. The zero-order valence-corrected chi connectivity index (χ0v) is 9.64. The maximum absolute atomic E-state index is 11.4. The highest BCUT2D eigenvalue weighted by Gasteiger charge is 2.25. The minimum atomic E-state index is 0.251. The van der Waals surface area contributed by atoms with Crippen LogP contribution in [0.2, 0.25) is 0 Å². The van der Waals surface area contributed by atoms with Crippen molar-refractivity contribution in [1.29, 1.82) is 0 Å².